The van der Waals surface area contributed by atoms with Gasteiger partial charge in [-0.05, 0) is 43.9 Å². The van der Waals surface area contributed by atoms with Crippen molar-refractivity contribution in [2.45, 2.75) is 52.0 Å². The Morgan fingerprint density at radius 2 is 1.92 bits per heavy atom. The number of carbonyl (C=O) groups excluding carboxylic acids is 2. The van der Waals surface area contributed by atoms with Crippen molar-refractivity contribution in [1.29, 1.82) is 0 Å². The molecule has 1 aliphatic heterocycles. The Morgan fingerprint density at radius 1 is 1.14 bits per heavy atom. The largest absolute Gasteiger partial charge is 0.443 e. The zero-order chi connectivity index (χ0) is 25.7. The maximum Gasteiger partial charge on any atom is 0.410 e. The predicted octanol–water partition coefficient (Wildman–Crippen LogP) is 2.82. The summed E-state index contributed by atoms with van der Waals surface area (Å²) in [5.74, 6) is 0.592. The third-order valence-corrected chi connectivity index (χ3v) is 6.16. The van der Waals surface area contributed by atoms with E-state index in [-0.39, 0.29) is 25.2 Å². The lowest BCUT2D eigenvalue weighted by atomic mass is 10.1. The van der Waals surface area contributed by atoms with Crippen LogP contribution in [0.4, 0.5) is 4.79 Å². The summed E-state index contributed by atoms with van der Waals surface area (Å²) in [5.41, 5.74) is 7.21. The molecular formula is C26H34N6O4. The average Bonchev–Trinajstić information content (AvgIpc) is 3.48. The number of likely N-dealkylation sites (tertiary alicyclic amines) is 1. The SMILES string of the molecule is CC1CCN(C(=O)OCc2cccc3nnc([C@@H](COCc4ccccc4)NC(=O)C(C)(C)N)n23)C1. The normalized spacial score (nSPS) is 16.8. The average molecular weight is 495 g/mol. The van der Waals surface area contributed by atoms with Crippen LogP contribution in [0.5, 0.6) is 0 Å². The smallest absolute Gasteiger partial charge is 0.410 e. The van der Waals surface area contributed by atoms with Crippen molar-refractivity contribution in [2.75, 3.05) is 19.7 Å². The van der Waals surface area contributed by atoms with E-state index in [2.05, 4.69) is 22.4 Å². The van der Waals surface area contributed by atoms with Gasteiger partial charge in [0.15, 0.2) is 11.5 Å². The number of benzene rings is 1. The lowest BCUT2D eigenvalue weighted by molar-refractivity contribution is -0.126. The highest BCUT2D eigenvalue weighted by Crippen LogP contribution is 2.20. The fourth-order valence-electron chi connectivity index (χ4n) is 4.09. The molecule has 3 N–H and O–H groups in total. The van der Waals surface area contributed by atoms with Crippen molar-refractivity contribution >= 4 is 17.6 Å². The first-order chi connectivity index (χ1) is 17.2. The summed E-state index contributed by atoms with van der Waals surface area (Å²) < 4.78 is 13.4. The second-order valence-electron chi connectivity index (χ2n) is 9.91. The standard InChI is InChI=1S/C26H34N6O4/c1-18-12-13-31(14-18)25(34)36-16-20-10-7-11-22-29-30-23(32(20)22)21(28-24(33)26(2,3)27)17-35-15-19-8-5-4-6-9-19/h4-11,18,21H,12-17,27H2,1-3H3,(H,28,33)/t18?,21-/m1/s1. The maximum atomic E-state index is 12.8. The second kappa shape index (κ2) is 11.0. The van der Waals surface area contributed by atoms with Crippen LogP contribution >= 0.6 is 0 Å². The highest BCUT2D eigenvalue weighted by atomic mass is 16.6. The van der Waals surface area contributed by atoms with Crippen molar-refractivity contribution in [3.8, 4) is 0 Å². The van der Waals surface area contributed by atoms with Crippen LogP contribution in [0.1, 0.15) is 50.3 Å². The highest BCUT2D eigenvalue weighted by molar-refractivity contribution is 5.85. The first-order valence-corrected chi connectivity index (χ1v) is 12.2. The summed E-state index contributed by atoms with van der Waals surface area (Å²) >= 11 is 0. The minimum atomic E-state index is -1.09. The molecule has 2 amide bonds. The number of pyridine rings is 1. The van der Waals surface area contributed by atoms with Gasteiger partial charge in [-0.2, -0.15) is 0 Å². The minimum absolute atomic E-state index is 0.0417. The van der Waals surface area contributed by atoms with E-state index in [1.54, 1.807) is 29.2 Å². The fourth-order valence-corrected chi connectivity index (χ4v) is 4.09. The molecule has 10 nitrogen and oxygen atoms in total. The van der Waals surface area contributed by atoms with Crippen molar-refractivity contribution in [3.63, 3.8) is 0 Å². The van der Waals surface area contributed by atoms with E-state index in [1.165, 1.54) is 0 Å². The van der Waals surface area contributed by atoms with Gasteiger partial charge in [-0.15, -0.1) is 10.2 Å². The Hall–Kier alpha value is -3.50. The van der Waals surface area contributed by atoms with Crippen molar-refractivity contribution < 1.29 is 19.1 Å². The van der Waals surface area contributed by atoms with Gasteiger partial charge >= 0.3 is 6.09 Å². The number of aromatic nitrogens is 3. The van der Waals surface area contributed by atoms with Gasteiger partial charge in [-0.3, -0.25) is 9.20 Å². The third kappa shape index (κ3) is 6.19. The predicted molar refractivity (Wildman–Crippen MR) is 134 cm³/mol. The number of hydrogen-bond acceptors (Lipinski definition) is 7. The topological polar surface area (TPSA) is 124 Å². The van der Waals surface area contributed by atoms with Crippen LogP contribution in [-0.4, -0.2) is 56.7 Å². The van der Waals surface area contributed by atoms with Gasteiger partial charge in [-0.1, -0.05) is 43.3 Å². The maximum absolute atomic E-state index is 12.8. The lowest BCUT2D eigenvalue weighted by Gasteiger charge is -2.24. The number of nitrogens with one attached hydrogen (secondary N) is 1. The third-order valence-electron chi connectivity index (χ3n) is 6.16. The van der Waals surface area contributed by atoms with Crippen LogP contribution in [0.15, 0.2) is 48.5 Å². The summed E-state index contributed by atoms with van der Waals surface area (Å²) in [5, 5.41) is 11.6. The van der Waals surface area contributed by atoms with E-state index in [0.29, 0.717) is 42.8 Å². The molecule has 3 aromatic rings. The van der Waals surface area contributed by atoms with Gasteiger partial charge in [-0.25, -0.2) is 4.79 Å². The summed E-state index contributed by atoms with van der Waals surface area (Å²) in [7, 11) is 0. The molecule has 10 heteroatoms. The summed E-state index contributed by atoms with van der Waals surface area (Å²) in [6, 6.07) is 14.6. The molecular weight excluding hydrogens is 460 g/mol. The molecule has 0 radical (unpaired) electrons. The molecule has 0 spiro atoms. The van der Waals surface area contributed by atoms with Gasteiger partial charge in [0, 0.05) is 13.1 Å². The van der Waals surface area contributed by atoms with Gasteiger partial charge < -0.3 is 25.4 Å². The number of nitrogens with zero attached hydrogens (tertiary/aromatic N) is 4. The number of nitrogens with two attached hydrogens (primary N) is 1. The van der Waals surface area contributed by atoms with Crippen LogP contribution in [0.25, 0.3) is 5.65 Å². The molecule has 36 heavy (non-hydrogen) atoms. The first kappa shape index (κ1) is 25.6. The fraction of sp³-hybridized carbons (Fsp3) is 0.462. The zero-order valence-electron chi connectivity index (χ0n) is 21.0. The van der Waals surface area contributed by atoms with Crippen molar-refractivity contribution in [2.24, 2.45) is 11.7 Å². The number of carbonyl (C=O) groups is 2. The molecule has 2 aromatic heterocycles. The second-order valence-corrected chi connectivity index (χ2v) is 9.91. The Kier molecular flexibility index (Phi) is 7.85. The molecule has 1 saturated heterocycles. The quantitative estimate of drug-likeness (QED) is 0.469. The van der Waals surface area contributed by atoms with Gasteiger partial charge in [0.1, 0.15) is 12.6 Å². The summed E-state index contributed by atoms with van der Waals surface area (Å²) in [4.78, 5) is 27.1. The van der Waals surface area contributed by atoms with Crippen LogP contribution in [-0.2, 0) is 27.5 Å². The molecule has 0 aliphatic carbocycles. The summed E-state index contributed by atoms with van der Waals surface area (Å²) in [6.07, 6.45) is 0.633. The molecule has 1 unspecified atom stereocenters. The zero-order valence-corrected chi connectivity index (χ0v) is 21.0. The molecule has 4 rings (SSSR count). The monoisotopic (exact) mass is 494 g/mol. The summed E-state index contributed by atoms with van der Waals surface area (Å²) in [6.45, 7) is 7.35. The van der Waals surface area contributed by atoms with Crippen LogP contribution in [0.3, 0.4) is 0 Å². The Morgan fingerprint density at radius 3 is 2.61 bits per heavy atom. The van der Waals surface area contributed by atoms with Crippen LogP contribution in [0.2, 0.25) is 0 Å². The molecule has 2 atom stereocenters. The number of fused-ring (bicyclic) bond motifs is 1. The van der Waals surface area contributed by atoms with Gasteiger partial charge in [0.05, 0.1) is 24.4 Å². The lowest BCUT2D eigenvalue weighted by Crippen LogP contribution is -2.51. The highest BCUT2D eigenvalue weighted by Gasteiger charge is 2.29. The van der Waals surface area contributed by atoms with E-state index in [4.69, 9.17) is 15.2 Å². The van der Waals surface area contributed by atoms with Gasteiger partial charge in [0.2, 0.25) is 5.91 Å². The van der Waals surface area contributed by atoms with E-state index in [1.807, 2.05) is 42.5 Å². The molecule has 1 aromatic carbocycles. The van der Waals surface area contributed by atoms with E-state index < -0.39 is 11.6 Å². The van der Waals surface area contributed by atoms with Crippen molar-refractivity contribution in [3.05, 3.63) is 65.6 Å². The van der Waals surface area contributed by atoms with E-state index in [9.17, 15) is 9.59 Å². The Labute approximate surface area is 210 Å². The molecule has 3 heterocycles. The molecule has 1 aliphatic rings. The van der Waals surface area contributed by atoms with Crippen LogP contribution < -0.4 is 11.1 Å². The number of amides is 2. The molecule has 0 saturated carbocycles. The van der Waals surface area contributed by atoms with Gasteiger partial charge in [0.25, 0.3) is 0 Å². The molecule has 1 fully saturated rings. The number of hydrogen-bond donors (Lipinski definition) is 2. The molecule has 192 valence electrons. The Balaban J connectivity index is 1.55. The Bertz CT molecular complexity index is 1190. The van der Waals surface area contributed by atoms with E-state index >= 15 is 0 Å². The molecule has 0 bridgehead atoms. The van der Waals surface area contributed by atoms with E-state index in [0.717, 1.165) is 12.0 Å². The minimum Gasteiger partial charge on any atom is -0.443 e. The number of ether oxygens (including phenoxy) is 2. The van der Waals surface area contributed by atoms with Crippen molar-refractivity contribution in [1.82, 2.24) is 24.8 Å². The van der Waals surface area contributed by atoms with Crippen LogP contribution in [0, 0.1) is 5.92 Å². The first-order valence-electron chi connectivity index (χ1n) is 12.2. The number of rotatable bonds is 9.